The summed E-state index contributed by atoms with van der Waals surface area (Å²) in [6.07, 6.45) is -11.2. The third kappa shape index (κ3) is 6.00. The van der Waals surface area contributed by atoms with Crippen LogP contribution in [0.1, 0.15) is 21.7 Å². The molecule has 1 aromatic heterocycles. The van der Waals surface area contributed by atoms with Gasteiger partial charge in [0, 0.05) is 27.2 Å². The molecule has 2 aliphatic heterocycles. The van der Waals surface area contributed by atoms with E-state index >= 15 is 0 Å². The van der Waals surface area contributed by atoms with Gasteiger partial charge in [0.25, 0.3) is 17.2 Å². The summed E-state index contributed by atoms with van der Waals surface area (Å²) in [6, 6.07) is 8.50. The number of aromatic nitrogens is 1. The molecule has 2 aliphatic rings. The lowest BCUT2D eigenvalue weighted by Crippen LogP contribution is -2.58. The predicted octanol–water partition coefficient (Wildman–Crippen LogP) is 5.91. The zero-order chi connectivity index (χ0) is 31.8. The minimum absolute atomic E-state index is 0.00215. The molecule has 19 heteroatoms. The summed E-state index contributed by atoms with van der Waals surface area (Å²) in [4.78, 5) is 34.7. The summed E-state index contributed by atoms with van der Waals surface area (Å²) in [5.41, 5.74) is -6.83. The number of rotatable bonds is 4. The van der Waals surface area contributed by atoms with Gasteiger partial charge in [0.2, 0.25) is 5.76 Å². The van der Waals surface area contributed by atoms with E-state index in [1.165, 1.54) is 30.3 Å². The minimum atomic E-state index is -5.03. The van der Waals surface area contributed by atoms with Crippen LogP contribution in [0.5, 0.6) is 0 Å². The third-order valence-electron chi connectivity index (χ3n) is 6.13. The molecule has 0 saturated heterocycles. The number of alkyl halides is 6. The first-order valence-electron chi connectivity index (χ1n) is 11.6. The number of carbonyl (C=O) groups is 3. The SMILES string of the molecule is CNC1(C(F)(F)F)OC(=O)Nc2ccc(Cl)cc21.O=C1Nc2ccc(Cl)cc2C(CNC(=O)c2ccno2)(C(F)(F)F)O1. The van der Waals surface area contributed by atoms with Crippen LogP contribution in [0.15, 0.2) is 53.2 Å². The highest BCUT2D eigenvalue weighted by molar-refractivity contribution is 6.31. The molecule has 2 unspecified atom stereocenters. The Labute approximate surface area is 246 Å². The smallest absolute Gasteiger partial charge is 0.426 e. The number of nitrogens with one attached hydrogen (secondary N) is 4. The topological polar surface area (TPSA) is 144 Å². The van der Waals surface area contributed by atoms with E-state index in [0.717, 1.165) is 25.4 Å². The van der Waals surface area contributed by atoms with Crippen molar-refractivity contribution in [1.82, 2.24) is 15.8 Å². The molecule has 2 aromatic carbocycles. The largest absolute Gasteiger partial charge is 0.447 e. The molecule has 0 spiro atoms. The summed E-state index contributed by atoms with van der Waals surface area (Å²) in [7, 11) is 1.05. The summed E-state index contributed by atoms with van der Waals surface area (Å²) in [5.74, 6) is -1.23. The van der Waals surface area contributed by atoms with Crippen molar-refractivity contribution in [3.05, 3.63) is 75.6 Å². The van der Waals surface area contributed by atoms with E-state index in [2.05, 4.69) is 29.8 Å². The second-order valence-electron chi connectivity index (χ2n) is 8.72. The van der Waals surface area contributed by atoms with Gasteiger partial charge in [-0.3, -0.25) is 20.7 Å². The highest BCUT2D eigenvalue weighted by Crippen LogP contribution is 2.48. The number of hydrogen-bond donors (Lipinski definition) is 4. The number of amides is 3. The van der Waals surface area contributed by atoms with Crippen LogP contribution < -0.4 is 21.3 Å². The van der Waals surface area contributed by atoms with Gasteiger partial charge in [-0.15, -0.1) is 0 Å². The van der Waals surface area contributed by atoms with Crippen molar-refractivity contribution in [2.45, 2.75) is 23.7 Å². The van der Waals surface area contributed by atoms with Crippen molar-refractivity contribution in [1.29, 1.82) is 0 Å². The van der Waals surface area contributed by atoms with Gasteiger partial charge < -0.3 is 19.3 Å². The molecule has 4 N–H and O–H groups in total. The molecule has 3 heterocycles. The Morgan fingerprint density at radius 1 is 0.884 bits per heavy atom. The molecule has 0 radical (unpaired) electrons. The molecule has 11 nitrogen and oxygen atoms in total. The van der Waals surface area contributed by atoms with Crippen molar-refractivity contribution in [2.24, 2.45) is 0 Å². The van der Waals surface area contributed by atoms with Crippen LogP contribution in [0.4, 0.5) is 47.3 Å². The van der Waals surface area contributed by atoms with Crippen LogP contribution >= 0.6 is 23.2 Å². The Kier molecular flexibility index (Phi) is 8.45. The van der Waals surface area contributed by atoms with Crippen molar-refractivity contribution in [3.8, 4) is 0 Å². The van der Waals surface area contributed by atoms with E-state index in [1.807, 2.05) is 10.6 Å². The number of hydrogen-bond acceptors (Lipinski definition) is 8. The van der Waals surface area contributed by atoms with Gasteiger partial charge in [-0.2, -0.15) is 26.3 Å². The van der Waals surface area contributed by atoms with Gasteiger partial charge in [0.15, 0.2) is 0 Å². The lowest BCUT2D eigenvalue weighted by Gasteiger charge is -2.39. The molecule has 43 heavy (non-hydrogen) atoms. The zero-order valence-electron chi connectivity index (χ0n) is 21.2. The van der Waals surface area contributed by atoms with Crippen LogP contribution in [-0.2, 0) is 20.8 Å². The molecule has 3 amide bonds. The number of fused-ring (bicyclic) bond motifs is 2. The first-order chi connectivity index (χ1) is 20.0. The fourth-order valence-corrected chi connectivity index (χ4v) is 4.50. The maximum absolute atomic E-state index is 13.8. The Morgan fingerprint density at radius 3 is 1.95 bits per heavy atom. The second-order valence-corrected chi connectivity index (χ2v) is 9.59. The molecule has 0 bridgehead atoms. The monoisotopic (exact) mass is 655 g/mol. The third-order valence-corrected chi connectivity index (χ3v) is 6.60. The first kappa shape index (κ1) is 31.7. The molecule has 0 saturated carbocycles. The first-order valence-corrected chi connectivity index (χ1v) is 12.4. The Bertz CT molecular complexity index is 1550. The van der Waals surface area contributed by atoms with E-state index in [-0.39, 0.29) is 32.7 Å². The van der Waals surface area contributed by atoms with Crippen molar-refractivity contribution >= 4 is 52.7 Å². The maximum atomic E-state index is 13.8. The summed E-state index contributed by atoms with van der Waals surface area (Å²) in [6.45, 7) is -1.07. The molecule has 3 aromatic rings. The van der Waals surface area contributed by atoms with Gasteiger partial charge in [-0.05, 0) is 43.4 Å². The van der Waals surface area contributed by atoms with E-state index < -0.39 is 53.9 Å². The van der Waals surface area contributed by atoms with Crippen LogP contribution in [-0.4, -0.2) is 49.2 Å². The van der Waals surface area contributed by atoms with Gasteiger partial charge >= 0.3 is 24.5 Å². The fourth-order valence-electron chi connectivity index (χ4n) is 4.16. The average molecular weight is 656 g/mol. The Morgan fingerprint density at radius 2 is 1.44 bits per heavy atom. The lowest BCUT2D eigenvalue weighted by atomic mass is 9.89. The molecule has 0 aliphatic carbocycles. The lowest BCUT2D eigenvalue weighted by molar-refractivity contribution is -0.275. The summed E-state index contributed by atoms with van der Waals surface area (Å²) >= 11 is 11.5. The molecular weight excluding hydrogens is 639 g/mol. The van der Waals surface area contributed by atoms with Crippen LogP contribution in [0.3, 0.4) is 0 Å². The Hall–Kier alpha value is -4.22. The number of halogens is 8. The van der Waals surface area contributed by atoms with Crippen molar-refractivity contribution in [2.75, 3.05) is 24.2 Å². The van der Waals surface area contributed by atoms with Crippen molar-refractivity contribution in [3.63, 3.8) is 0 Å². The van der Waals surface area contributed by atoms with Crippen molar-refractivity contribution < 1.29 is 54.7 Å². The number of benzene rings is 2. The number of anilines is 2. The highest BCUT2D eigenvalue weighted by atomic mass is 35.5. The summed E-state index contributed by atoms with van der Waals surface area (Å²) < 4.78 is 94.6. The number of carbonyl (C=O) groups excluding carboxylic acids is 3. The van der Waals surface area contributed by atoms with E-state index in [4.69, 9.17) is 23.2 Å². The standard InChI is InChI=1S/C14H9ClF3N3O4.C10H8ClF3N2O2/c15-7-1-2-9-8(5-7)13(14(16,17)18,24-12(23)21-9)6-19-11(22)10-3-4-20-25-10;1-15-9(10(12,13)14)6-4-5(11)2-3-7(6)16-8(17)18-9/h1-5H,6H2,(H,19,22)(H,21,23);2-4,15H,1H3,(H,16,17). The Balaban J connectivity index is 0.000000208. The predicted molar refractivity (Wildman–Crippen MR) is 136 cm³/mol. The van der Waals surface area contributed by atoms with Crippen LogP contribution in [0.25, 0.3) is 0 Å². The maximum Gasteiger partial charge on any atom is 0.447 e. The fraction of sp³-hybridized carbons (Fsp3) is 0.250. The van der Waals surface area contributed by atoms with Gasteiger partial charge in [-0.25, -0.2) is 9.59 Å². The number of nitrogens with zero attached hydrogens (tertiary/aromatic N) is 1. The van der Waals surface area contributed by atoms with Gasteiger partial charge in [0.05, 0.1) is 24.1 Å². The van der Waals surface area contributed by atoms with E-state index in [1.54, 1.807) is 0 Å². The van der Waals surface area contributed by atoms with E-state index in [9.17, 15) is 40.7 Å². The molecule has 0 fully saturated rings. The van der Waals surface area contributed by atoms with Crippen LogP contribution in [0, 0.1) is 0 Å². The normalized spacial score (nSPS) is 21.0. The molecular formula is C24H17Cl2F6N5O6. The van der Waals surface area contributed by atoms with Gasteiger partial charge in [0.1, 0.15) is 0 Å². The number of ether oxygens (including phenoxy) is 2. The average Bonchev–Trinajstić information content (AvgIpc) is 3.46. The zero-order valence-corrected chi connectivity index (χ0v) is 22.8. The van der Waals surface area contributed by atoms with Crippen LogP contribution in [0.2, 0.25) is 10.0 Å². The molecule has 230 valence electrons. The van der Waals surface area contributed by atoms with Gasteiger partial charge in [-0.1, -0.05) is 28.4 Å². The highest BCUT2D eigenvalue weighted by Gasteiger charge is 2.63. The van der Waals surface area contributed by atoms with E-state index in [0.29, 0.717) is 0 Å². The minimum Gasteiger partial charge on any atom is -0.426 e. The second kappa shape index (κ2) is 11.5. The number of cyclic esters (lactones) is 2. The quantitative estimate of drug-likeness (QED) is 0.254. The molecule has 2 atom stereocenters. The molecule has 5 rings (SSSR count). The summed E-state index contributed by atoms with van der Waals surface area (Å²) in [5, 5.41) is 11.8.